The smallest absolute Gasteiger partial charge is 0.387 e. The van der Waals surface area contributed by atoms with Gasteiger partial charge in [-0.3, -0.25) is 9.59 Å². The van der Waals surface area contributed by atoms with E-state index in [9.17, 15) is 18.4 Å². The van der Waals surface area contributed by atoms with Crippen LogP contribution in [0.3, 0.4) is 0 Å². The van der Waals surface area contributed by atoms with Crippen LogP contribution in [0.4, 0.5) is 43.3 Å². The summed E-state index contributed by atoms with van der Waals surface area (Å²) in [7, 11) is 1.55. The largest absolute Gasteiger partial charge is 0.494 e. The molecule has 3 N–H and O–H groups in total. The quantitative estimate of drug-likeness (QED) is 0.295. The molecule has 0 unspecified atom stereocenters. The number of ether oxygens (including phenoxy) is 2. The second-order valence-electron chi connectivity index (χ2n) is 10.6. The Bertz CT molecular complexity index is 1550. The zero-order valence-corrected chi connectivity index (χ0v) is 26.1. The molecular weight excluding hydrogens is 626 g/mol. The van der Waals surface area contributed by atoms with Gasteiger partial charge in [0.1, 0.15) is 17.4 Å². The van der Waals surface area contributed by atoms with E-state index in [1.807, 2.05) is 28.0 Å². The standard InChI is InChI=1S/C30H35ClF2N8O5/c1-19(43)38-7-9-39(10-8-38)20-3-5-23(25(15-20)45-2)36-30-34-17-22(31)28(37-30)35-24-6-4-21(16-26(24)46-29(32)33)40-11-13-41(14-12-40)27(44)18-42/h3-6,15-17,29,42H,7-14,18H2,1-2H3,(H2,34,35,36,37). The van der Waals surface area contributed by atoms with Crippen LogP contribution in [0.2, 0.25) is 5.02 Å². The van der Waals surface area contributed by atoms with Crippen LogP contribution in [0.1, 0.15) is 6.92 Å². The molecule has 1 aromatic heterocycles. The second kappa shape index (κ2) is 14.6. The maximum atomic E-state index is 13.4. The fourth-order valence-electron chi connectivity index (χ4n) is 5.34. The lowest BCUT2D eigenvalue weighted by Crippen LogP contribution is -2.49. The first-order chi connectivity index (χ1) is 22.1. The van der Waals surface area contributed by atoms with E-state index in [0.29, 0.717) is 69.5 Å². The summed E-state index contributed by atoms with van der Waals surface area (Å²) in [5.41, 5.74) is 2.37. The number of rotatable bonds is 10. The average molecular weight is 661 g/mol. The molecule has 246 valence electrons. The van der Waals surface area contributed by atoms with Crippen molar-refractivity contribution in [2.45, 2.75) is 13.5 Å². The molecule has 13 nitrogen and oxygen atoms in total. The van der Waals surface area contributed by atoms with Crippen molar-refractivity contribution in [1.29, 1.82) is 0 Å². The van der Waals surface area contributed by atoms with Crippen LogP contribution in [0.25, 0.3) is 0 Å². The molecule has 0 spiro atoms. The van der Waals surface area contributed by atoms with Gasteiger partial charge in [0, 0.05) is 82.8 Å². The SMILES string of the molecule is COc1cc(N2CCN(C(C)=O)CC2)ccc1Nc1ncc(Cl)c(Nc2ccc(N3CCN(C(=O)CO)CC3)cc2OC(F)F)n1. The molecule has 0 radical (unpaired) electrons. The van der Waals surface area contributed by atoms with Crippen molar-refractivity contribution in [3.63, 3.8) is 0 Å². The number of methoxy groups -OCH3 is 1. The Morgan fingerprint density at radius 3 is 2.02 bits per heavy atom. The van der Waals surface area contributed by atoms with Crippen LogP contribution in [0.15, 0.2) is 42.6 Å². The normalized spacial score (nSPS) is 15.2. The number of anilines is 6. The summed E-state index contributed by atoms with van der Waals surface area (Å²) >= 11 is 6.39. The lowest BCUT2D eigenvalue weighted by molar-refractivity contribution is -0.134. The molecule has 46 heavy (non-hydrogen) atoms. The van der Waals surface area contributed by atoms with Crippen LogP contribution < -0.4 is 29.9 Å². The number of halogens is 3. The number of aliphatic hydroxyl groups is 1. The Morgan fingerprint density at radius 1 is 0.913 bits per heavy atom. The van der Waals surface area contributed by atoms with E-state index in [1.54, 1.807) is 31.1 Å². The zero-order valence-electron chi connectivity index (χ0n) is 25.4. The summed E-state index contributed by atoms with van der Waals surface area (Å²) in [6.07, 6.45) is 1.38. The number of nitrogens with one attached hydrogen (secondary N) is 2. The van der Waals surface area contributed by atoms with Gasteiger partial charge in [-0.05, 0) is 24.3 Å². The number of carbonyl (C=O) groups excluding carboxylic acids is 2. The molecule has 16 heteroatoms. The highest BCUT2D eigenvalue weighted by atomic mass is 35.5. The summed E-state index contributed by atoms with van der Waals surface area (Å²) in [4.78, 5) is 39.7. The van der Waals surface area contributed by atoms with E-state index < -0.39 is 13.2 Å². The van der Waals surface area contributed by atoms with Gasteiger partial charge in [-0.15, -0.1) is 0 Å². The van der Waals surface area contributed by atoms with Gasteiger partial charge >= 0.3 is 6.61 Å². The van der Waals surface area contributed by atoms with Gasteiger partial charge in [-0.25, -0.2) is 4.98 Å². The lowest BCUT2D eigenvalue weighted by atomic mass is 10.2. The van der Waals surface area contributed by atoms with Crippen molar-refractivity contribution in [2.24, 2.45) is 0 Å². The summed E-state index contributed by atoms with van der Waals surface area (Å²) in [6, 6.07) is 10.5. The monoisotopic (exact) mass is 660 g/mol. The zero-order chi connectivity index (χ0) is 32.8. The van der Waals surface area contributed by atoms with Gasteiger partial charge in [-0.1, -0.05) is 11.6 Å². The summed E-state index contributed by atoms with van der Waals surface area (Å²) in [5.74, 6) is 0.467. The van der Waals surface area contributed by atoms with Gasteiger partial charge < -0.3 is 44.8 Å². The molecule has 0 saturated carbocycles. The molecule has 0 bridgehead atoms. The van der Waals surface area contributed by atoms with Crippen LogP contribution >= 0.6 is 11.6 Å². The van der Waals surface area contributed by atoms with E-state index in [2.05, 4.69) is 25.5 Å². The molecule has 2 saturated heterocycles. The van der Waals surface area contributed by atoms with Crippen molar-refractivity contribution in [2.75, 3.05) is 86.5 Å². The molecular formula is C30H35ClF2N8O5. The number of aliphatic hydroxyl groups excluding tert-OH is 1. The molecule has 3 aromatic rings. The number of hydrogen-bond donors (Lipinski definition) is 3. The highest BCUT2D eigenvalue weighted by Crippen LogP contribution is 2.36. The number of alkyl halides is 2. The number of amides is 2. The Balaban J connectivity index is 1.31. The number of piperazine rings is 2. The minimum atomic E-state index is -3.08. The molecule has 0 atom stereocenters. The first-order valence-electron chi connectivity index (χ1n) is 14.6. The maximum Gasteiger partial charge on any atom is 0.387 e. The van der Waals surface area contributed by atoms with Crippen molar-refractivity contribution >= 4 is 57.9 Å². The van der Waals surface area contributed by atoms with Crippen molar-refractivity contribution in [3.05, 3.63) is 47.6 Å². The molecule has 2 fully saturated rings. The molecule has 5 rings (SSSR count). The predicted molar refractivity (Wildman–Crippen MR) is 170 cm³/mol. The topological polar surface area (TPSA) is 136 Å². The predicted octanol–water partition coefficient (Wildman–Crippen LogP) is 3.54. The third kappa shape index (κ3) is 7.77. The van der Waals surface area contributed by atoms with Gasteiger partial charge in [0.15, 0.2) is 11.6 Å². The van der Waals surface area contributed by atoms with Gasteiger partial charge in [0.25, 0.3) is 0 Å². The highest BCUT2D eigenvalue weighted by molar-refractivity contribution is 6.33. The number of hydrogen-bond acceptors (Lipinski definition) is 11. The number of aromatic nitrogens is 2. The Morgan fingerprint density at radius 2 is 1.48 bits per heavy atom. The maximum absolute atomic E-state index is 13.4. The lowest BCUT2D eigenvalue weighted by Gasteiger charge is -2.36. The molecule has 2 aliphatic rings. The molecule has 0 aliphatic carbocycles. The Labute approximate surface area is 269 Å². The molecule has 2 amide bonds. The number of nitrogens with zero attached hydrogens (tertiary/aromatic N) is 6. The minimum absolute atomic E-state index is 0.0625. The van der Waals surface area contributed by atoms with Crippen LogP contribution in [0.5, 0.6) is 11.5 Å². The van der Waals surface area contributed by atoms with E-state index in [0.717, 1.165) is 5.69 Å². The van der Waals surface area contributed by atoms with E-state index in [1.165, 1.54) is 12.3 Å². The highest BCUT2D eigenvalue weighted by Gasteiger charge is 2.23. The summed E-state index contributed by atoms with van der Waals surface area (Å²) in [5, 5.41) is 15.4. The van der Waals surface area contributed by atoms with E-state index in [4.69, 9.17) is 26.2 Å². The fourth-order valence-corrected chi connectivity index (χ4v) is 5.48. The minimum Gasteiger partial charge on any atom is -0.494 e. The summed E-state index contributed by atoms with van der Waals surface area (Å²) in [6.45, 7) is 2.31. The van der Waals surface area contributed by atoms with Gasteiger partial charge in [-0.2, -0.15) is 13.8 Å². The number of carbonyl (C=O) groups is 2. The third-order valence-corrected chi connectivity index (χ3v) is 8.11. The molecule has 3 heterocycles. The van der Waals surface area contributed by atoms with Crippen molar-refractivity contribution in [1.82, 2.24) is 19.8 Å². The number of benzene rings is 2. The fraction of sp³-hybridized carbons (Fsp3) is 0.400. The Hall–Kier alpha value is -4.63. The van der Waals surface area contributed by atoms with Crippen LogP contribution in [-0.4, -0.2) is 109 Å². The van der Waals surface area contributed by atoms with Gasteiger partial charge in [0.2, 0.25) is 17.8 Å². The van der Waals surface area contributed by atoms with Gasteiger partial charge in [0.05, 0.1) is 24.7 Å². The van der Waals surface area contributed by atoms with E-state index in [-0.39, 0.29) is 40.0 Å². The van der Waals surface area contributed by atoms with Crippen molar-refractivity contribution in [3.8, 4) is 11.5 Å². The second-order valence-corrected chi connectivity index (χ2v) is 11.0. The first-order valence-corrected chi connectivity index (χ1v) is 15.0. The van der Waals surface area contributed by atoms with Crippen LogP contribution in [-0.2, 0) is 9.59 Å². The van der Waals surface area contributed by atoms with Crippen LogP contribution in [0, 0.1) is 0 Å². The molecule has 2 aromatic carbocycles. The molecule has 2 aliphatic heterocycles. The van der Waals surface area contributed by atoms with E-state index >= 15 is 0 Å². The Kier molecular flexibility index (Phi) is 10.4. The first kappa shape index (κ1) is 32.8. The van der Waals surface area contributed by atoms with Crippen molar-refractivity contribution < 1.29 is 33.0 Å². The third-order valence-electron chi connectivity index (χ3n) is 7.83. The summed E-state index contributed by atoms with van der Waals surface area (Å²) < 4.78 is 37.3. The average Bonchev–Trinajstić information content (AvgIpc) is 3.06.